The maximum absolute atomic E-state index is 4.59. The van der Waals surface area contributed by atoms with Gasteiger partial charge in [-0.25, -0.2) is 4.98 Å². The van der Waals surface area contributed by atoms with Gasteiger partial charge in [-0.15, -0.1) is 6.58 Å². The van der Waals surface area contributed by atoms with Gasteiger partial charge in [0.15, 0.2) is 0 Å². The maximum Gasteiger partial charge on any atom is 0.128 e. The van der Waals surface area contributed by atoms with E-state index in [0.29, 0.717) is 0 Å². The zero-order valence-electron chi connectivity index (χ0n) is 11.9. The molecule has 1 heterocycles. The van der Waals surface area contributed by atoms with E-state index >= 15 is 0 Å². The number of hydrogen-bond acceptors (Lipinski definition) is 3. The third-order valence-electron chi connectivity index (χ3n) is 2.87. The average molecular weight is 247 g/mol. The van der Waals surface area contributed by atoms with E-state index in [1.54, 1.807) is 0 Å². The topological polar surface area (TPSA) is 28.2 Å². The minimum Gasteiger partial charge on any atom is -0.360 e. The molecule has 3 nitrogen and oxygen atoms in total. The number of allylic oxidation sites excluding steroid dienone is 1. The Morgan fingerprint density at radius 2 is 2.22 bits per heavy atom. The fraction of sp³-hybridized carbons (Fsp3) is 0.533. The highest BCUT2D eigenvalue weighted by Crippen LogP contribution is 2.14. The number of aryl methyl sites for hydroxylation is 1. The smallest absolute Gasteiger partial charge is 0.128 e. The van der Waals surface area contributed by atoms with Crippen LogP contribution in [0.4, 0.5) is 5.82 Å². The van der Waals surface area contributed by atoms with Crippen LogP contribution >= 0.6 is 0 Å². The SMILES string of the molecule is C=CCCCN(C)c1cc(CNCC)cc(C)n1. The summed E-state index contributed by atoms with van der Waals surface area (Å²) in [6.45, 7) is 10.8. The molecule has 1 aromatic heterocycles. The second-order valence-corrected chi connectivity index (χ2v) is 4.61. The highest BCUT2D eigenvalue weighted by Gasteiger charge is 2.04. The number of nitrogens with one attached hydrogen (secondary N) is 1. The van der Waals surface area contributed by atoms with Crippen LogP contribution in [0.15, 0.2) is 24.8 Å². The molecule has 0 atom stereocenters. The molecule has 0 amide bonds. The van der Waals surface area contributed by atoms with Crippen molar-refractivity contribution in [3.05, 3.63) is 36.0 Å². The lowest BCUT2D eigenvalue weighted by Crippen LogP contribution is -2.20. The summed E-state index contributed by atoms with van der Waals surface area (Å²) in [5.74, 6) is 1.06. The second-order valence-electron chi connectivity index (χ2n) is 4.61. The Labute approximate surface area is 111 Å². The molecule has 0 spiro atoms. The molecule has 1 rings (SSSR count). The summed E-state index contributed by atoms with van der Waals surface area (Å²) in [6, 6.07) is 4.31. The van der Waals surface area contributed by atoms with Crippen LogP contribution in [0.25, 0.3) is 0 Å². The first-order valence-corrected chi connectivity index (χ1v) is 6.67. The standard InChI is InChI=1S/C15H25N3/c1-5-7-8-9-18(4)15-11-14(12-16-6-2)10-13(3)17-15/h5,10-11,16H,1,6-9,12H2,2-4H3. The van der Waals surface area contributed by atoms with Gasteiger partial charge in [-0.05, 0) is 44.0 Å². The van der Waals surface area contributed by atoms with Crippen LogP contribution in [0.5, 0.6) is 0 Å². The monoisotopic (exact) mass is 247 g/mol. The number of aromatic nitrogens is 1. The van der Waals surface area contributed by atoms with Crippen molar-refractivity contribution < 1.29 is 0 Å². The van der Waals surface area contributed by atoms with Crippen molar-refractivity contribution in [2.75, 3.05) is 25.0 Å². The van der Waals surface area contributed by atoms with Crippen molar-refractivity contribution in [3.63, 3.8) is 0 Å². The summed E-state index contributed by atoms with van der Waals surface area (Å²) in [5, 5.41) is 3.35. The molecule has 0 aliphatic carbocycles. The van der Waals surface area contributed by atoms with E-state index in [2.05, 4.69) is 54.8 Å². The highest BCUT2D eigenvalue weighted by atomic mass is 15.2. The van der Waals surface area contributed by atoms with E-state index < -0.39 is 0 Å². The first kappa shape index (κ1) is 14.7. The van der Waals surface area contributed by atoms with Gasteiger partial charge >= 0.3 is 0 Å². The molecule has 0 bridgehead atoms. The molecule has 0 aliphatic heterocycles. The van der Waals surface area contributed by atoms with Gasteiger partial charge in [-0.1, -0.05) is 13.0 Å². The molecule has 1 aromatic rings. The summed E-state index contributed by atoms with van der Waals surface area (Å²) < 4.78 is 0. The first-order valence-electron chi connectivity index (χ1n) is 6.67. The van der Waals surface area contributed by atoms with Gasteiger partial charge in [0.2, 0.25) is 0 Å². The lowest BCUT2D eigenvalue weighted by molar-refractivity contribution is 0.723. The first-order chi connectivity index (χ1) is 8.67. The van der Waals surface area contributed by atoms with Crippen molar-refractivity contribution in [1.29, 1.82) is 0 Å². The summed E-state index contributed by atoms with van der Waals surface area (Å²) in [6.07, 6.45) is 4.15. The second kappa shape index (κ2) is 7.88. The van der Waals surface area contributed by atoms with Crippen LogP contribution in [0.2, 0.25) is 0 Å². The van der Waals surface area contributed by atoms with Crippen LogP contribution in [-0.2, 0) is 6.54 Å². The third-order valence-corrected chi connectivity index (χ3v) is 2.87. The van der Waals surface area contributed by atoms with Crippen molar-refractivity contribution >= 4 is 5.82 Å². The Kier molecular flexibility index (Phi) is 6.44. The van der Waals surface area contributed by atoms with Gasteiger partial charge in [-0.2, -0.15) is 0 Å². The molecule has 0 unspecified atom stereocenters. The van der Waals surface area contributed by atoms with Crippen molar-refractivity contribution in [1.82, 2.24) is 10.3 Å². The molecular weight excluding hydrogens is 222 g/mol. The number of unbranched alkanes of at least 4 members (excludes halogenated alkanes) is 1. The Balaban J connectivity index is 2.68. The fourth-order valence-corrected chi connectivity index (χ4v) is 1.88. The average Bonchev–Trinajstić information content (AvgIpc) is 2.36. The molecule has 0 fully saturated rings. The number of rotatable bonds is 8. The molecule has 0 saturated carbocycles. The predicted molar refractivity (Wildman–Crippen MR) is 79.1 cm³/mol. The maximum atomic E-state index is 4.59. The Hall–Kier alpha value is -1.35. The van der Waals surface area contributed by atoms with Crippen LogP contribution in [0.3, 0.4) is 0 Å². The van der Waals surface area contributed by atoms with Crippen molar-refractivity contribution in [2.24, 2.45) is 0 Å². The van der Waals surface area contributed by atoms with Crippen molar-refractivity contribution in [3.8, 4) is 0 Å². The molecule has 0 radical (unpaired) electrons. The summed E-state index contributed by atoms with van der Waals surface area (Å²) in [5.41, 5.74) is 2.38. The van der Waals surface area contributed by atoms with E-state index in [9.17, 15) is 0 Å². The Bertz CT molecular complexity index is 374. The predicted octanol–water partition coefficient (Wildman–Crippen LogP) is 2.90. The van der Waals surface area contributed by atoms with Gasteiger partial charge < -0.3 is 10.2 Å². The minimum absolute atomic E-state index is 0.910. The van der Waals surface area contributed by atoms with Gasteiger partial charge in [-0.3, -0.25) is 0 Å². The minimum atomic E-state index is 0.910. The quantitative estimate of drug-likeness (QED) is 0.565. The molecular formula is C15H25N3. The Morgan fingerprint density at radius 1 is 1.44 bits per heavy atom. The zero-order valence-corrected chi connectivity index (χ0v) is 11.9. The number of pyridine rings is 1. The number of hydrogen-bond donors (Lipinski definition) is 1. The molecule has 0 aliphatic rings. The molecule has 1 N–H and O–H groups in total. The van der Waals surface area contributed by atoms with Crippen LogP contribution in [-0.4, -0.2) is 25.1 Å². The normalized spacial score (nSPS) is 10.4. The third kappa shape index (κ3) is 4.88. The van der Waals surface area contributed by atoms with E-state index in [4.69, 9.17) is 0 Å². The molecule has 18 heavy (non-hydrogen) atoms. The number of anilines is 1. The van der Waals surface area contributed by atoms with Crippen LogP contribution in [0.1, 0.15) is 31.0 Å². The highest BCUT2D eigenvalue weighted by molar-refractivity contribution is 5.41. The van der Waals surface area contributed by atoms with E-state index in [1.807, 2.05) is 6.08 Å². The van der Waals surface area contributed by atoms with E-state index in [1.165, 1.54) is 5.56 Å². The zero-order chi connectivity index (χ0) is 13.4. The van der Waals surface area contributed by atoms with Gasteiger partial charge in [0, 0.05) is 25.8 Å². The number of nitrogens with zero attached hydrogens (tertiary/aromatic N) is 2. The largest absolute Gasteiger partial charge is 0.360 e. The molecule has 0 aromatic carbocycles. The Morgan fingerprint density at radius 3 is 2.89 bits per heavy atom. The summed E-state index contributed by atoms with van der Waals surface area (Å²) in [7, 11) is 2.10. The van der Waals surface area contributed by atoms with E-state index in [-0.39, 0.29) is 0 Å². The van der Waals surface area contributed by atoms with Crippen LogP contribution in [0, 0.1) is 6.92 Å². The van der Waals surface area contributed by atoms with Gasteiger partial charge in [0.25, 0.3) is 0 Å². The van der Waals surface area contributed by atoms with Gasteiger partial charge in [0.05, 0.1) is 0 Å². The summed E-state index contributed by atoms with van der Waals surface area (Å²) >= 11 is 0. The van der Waals surface area contributed by atoms with Crippen LogP contribution < -0.4 is 10.2 Å². The van der Waals surface area contributed by atoms with Crippen molar-refractivity contribution in [2.45, 2.75) is 33.2 Å². The van der Waals surface area contributed by atoms with E-state index in [0.717, 1.165) is 44.0 Å². The molecule has 100 valence electrons. The summed E-state index contributed by atoms with van der Waals surface area (Å²) in [4.78, 5) is 6.81. The molecule has 3 heteroatoms. The fourth-order valence-electron chi connectivity index (χ4n) is 1.88. The molecule has 0 saturated heterocycles. The lowest BCUT2D eigenvalue weighted by Gasteiger charge is -2.19. The lowest BCUT2D eigenvalue weighted by atomic mass is 10.2. The van der Waals surface area contributed by atoms with Gasteiger partial charge in [0.1, 0.15) is 5.82 Å².